The molecule has 0 aliphatic rings. The van der Waals surface area contributed by atoms with Crippen LogP contribution < -0.4 is 5.32 Å². The van der Waals surface area contributed by atoms with Gasteiger partial charge in [-0.15, -0.1) is 0 Å². The van der Waals surface area contributed by atoms with Gasteiger partial charge in [-0.3, -0.25) is 15.3 Å². The number of rotatable bonds is 2. The summed E-state index contributed by atoms with van der Waals surface area (Å²) in [6, 6.07) is 5.61. The summed E-state index contributed by atoms with van der Waals surface area (Å²) in [4.78, 5) is 19.9. The maximum absolute atomic E-state index is 11.7. The molecule has 2 rings (SSSR count). The number of amides is 1. The van der Waals surface area contributed by atoms with Crippen molar-refractivity contribution in [2.45, 2.75) is 26.4 Å². The predicted molar refractivity (Wildman–Crippen MR) is 77.3 cm³/mol. The van der Waals surface area contributed by atoms with Crippen molar-refractivity contribution in [3.05, 3.63) is 43.0 Å². The molecule has 0 saturated heterocycles. The van der Waals surface area contributed by atoms with Crippen LogP contribution in [-0.2, 0) is 4.74 Å². The SMILES string of the molecule is CC(C)(C)OC(=O)Nc1cncc(-c2cccnc2)c1. The Morgan fingerprint density at radius 3 is 2.55 bits per heavy atom. The lowest BCUT2D eigenvalue weighted by molar-refractivity contribution is 0.0636. The topological polar surface area (TPSA) is 64.1 Å². The van der Waals surface area contributed by atoms with Crippen LogP contribution in [0.1, 0.15) is 20.8 Å². The predicted octanol–water partition coefficient (Wildman–Crippen LogP) is 3.49. The Kier molecular flexibility index (Phi) is 3.98. The van der Waals surface area contributed by atoms with Gasteiger partial charge in [0.2, 0.25) is 0 Å². The van der Waals surface area contributed by atoms with Crippen LogP contribution in [0, 0.1) is 0 Å². The molecule has 0 unspecified atom stereocenters. The molecule has 2 aromatic heterocycles. The maximum Gasteiger partial charge on any atom is 0.412 e. The van der Waals surface area contributed by atoms with Gasteiger partial charge in [-0.2, -0.15) is 0 Å². The average Bonchev–Trinajstić information content (AvgIpc) is 2.38. The number of aromatic nitrogens is 2. The summed E-state index contributed by atoms with van der Waals surface area (Å²) in [5.41, 5.74) is 1.87. The largest absolute Gasteiger partial charge is 0.444 e. The number of ether oxygens (including phenoxy) is 1. The van der Waals surface area contributed by atoms with Crippen molar-refractivity contribution in [3.63, 3.8) is 0 Å². The zero-order valence-electron chi connectivity index (χ0n) is 11.8. The van der Waals surface area contributed by atoms with Gasteiger partial charge >= 0.3 is 6.09 Å². The maximum atomic E-state index is 11.7. The molecule has 0 saturated carbocycles. The Hall–Kier alpha value is -2.43. The summed E-state index contributed by atoms with van der Waals surface area (Å²) in [5.74, 6) is 0. The molecule has 5 heteroatoms. The fourth-order valence-corrected chi connectivity index (χ4v) is 1.62. The van der Waals surface area contributed by atoms with Crippen LogP contribution >= 0.6 is 0 Å². The summed E-state index contributed by atoms with van der Waals surface area (Å²) in [6.45, 7) is 5.45. The van der Waals surface area contributed by atoms with Crippen LogP contribution in [0.25, 0.3) is 11.1 Å². The minimum Gasteiger partial charge on any atom is -0.444 e. The lowest BCUT2D eigenvalue weighted by atomic mass is 10.1. The van der Waals surface area contributed by atoms with Crippen molar-refractivity contribution in [2.75, 3.05) is 5.32 Å². The molecule has 0 spiro atoms. The molecule has 0 bridgehead atoms. The highest BCUT2D eigenvalue weighted by Crippen LogP contribution is 2.20. The van der Waals surface area contributed by atoms with Crippen LogP contribution in [0.15, 0.2) is 43.0 Å². The molecule has 0 atom stereocenters. The third-order valence-corrected chi connectivity index (χ3v) is 2.38. The number of hydrogen-bond donors (Lipinski definition) is 1. The Morgan fingerprint density at radius 2 is 1.90 bits per heavy atom. The molecule has 0 radical (unpaired) electrons. The van der Waals surface area contributed by atoms with Crippen LogP contribution in [-0.4, -0.2) is 21.7 Å². The van der Waals surface area contributed by atoms with E-state index < -0.39 is 11.7 Å². The first-order valence-corrected chi connectivity index (χ1v) is 6.29. The summed E-state index contributed by atoms with van der Waals surface area (Å²) >= 11 is 0. The van der Waals surface area contributed by atoms with Crippen LogP contribution in [0.4, 0.5) is 10.5 Å². The lowest BCUT2D eigenvalue weighted by Crippen LogP contribution is -2.27. The minimum absolute atomic E-state index is 0.498. The number of pyridine rings is 2. The first-order valence-electron chi connectivity index (χ1n) is 6.29. The number of anilines is 1. The molecular formula is C15H17N3O2. The van der Waals surface area contributed by atoms with E-state index in [1.54, 1.807) is 24.8 Å². The monoisotopic (exact) mass is 271 g/mol. The van der Waals surface area contributed by atoms with Gasteiger partial charge in [-0.25, -0.2) is 4.79 Å². The quantitative estimate of drug-likeness (QED) is 0.908. The highest BCUT2D eigenvalue weighted by molar-refractivity contribution is 5.85. The molecule has 2 heterocycles. The Bertz CT molecular complexity index is 592. The average molecular weight is 271 g/mol. The number of hydrogen-bond acceptors (Lipinski definition) is 4. The Morgan fingerprint density at radius 1 is 1.15 bits per heavy atom. The van der Waals surface area contributed by atoms with E-state index >= 15 is 0 Å². The van der Waals surface area contributed by atoms with E-state index in [1.807, 2.05) is 39.0 Å². The van der Waals surface area contributed by atoms with Crippen molar-refractivity contribution in [3.8, 4) is 11.1 Å². The summed E-state index contributed by atoms with van der Waals surface area (Å²) in [5, 5.41) is 2.66. The van der Waals surface area contributed by atoms with Gasteiger partial charge in [0, 0.05) is 29.7 Å². The first kappa shape index (κ1) is 14.0. The van der Waals surface area contributed by atoms with Gasteiger partial charge in [-0.1, -0.05) is 6.07 Å². The second kappa shape index (κ2) is 5.69. The zero-order chi connectivity index (χ0) is 14.6. The second-order valence-electron chi connectivity index (χ2n) is 5.33. The Labute approximate surface area is 118 Å². The van der Waals surface area contributed by atoms with Crippen LogP contribution in [0.5, 0.6) is 0 Å². The second-order valence-corrected chi connectivity index (χ2v) is 5.33. The molecule has 1 amide bonds. The number of carbonyl (C=O) groups is 1. The fraction of sp³-hybridized carbons (Fsp3) is 0.267. The van der Waals surface area contributed by atoms with E-state index in [2.05, 4.69) is 15.3 Å². The number of nitrogens with one attached hydrogen (secondary N) is 1. The minimum atomic E-state index is -0.529. The summed E-state index contributed by atoms with van der Waals surface area (Å²) in [7, 11) is 0. The third kappa shape index (κ3) is 4.05. The van der Waals surface area contributed by atoms with E-state index in [1.165, 1.54) is 0 Å². The van der Waals surface area contributed by atoms with Gasteiger partial charge in [0.05, 0.1) is 11.9 Å². The number of nitrogens with zero attached hydrogens (tertiary/aromatic N) is 2. The summed E-state index contributed by atoms with van der Waals surface area (Å²) < 4.78 is 5.20. The molecule has 104 valence electrons. The van der Waals surface area contributed by atoms with Crippen molar-refractivity contribution in [1.29, 1.82) is 0 Å². The zero-order valence-corrected chi connectivity index (χ0v) is 11.8. The molecule has 0 aliphatic carbocycles. The van der Waals surface area contributed by atoms with E-state index in [-0.39, 0.29) is 0 Å². The van der Waals surface area contributed by atoms with Crippen molar-refractivity contribution in [2.24, 2.45) is 0 Å². The van der Waals surface area contributed by atoms with Crippen molar-refractivity contribution >= 4 is 11.8 Å². The van der Waals surface area contributed by atoms with Gasteiger partial charge in [0.1, 0.15) is 5.60 Å². The van der Waals surface area contributed by atoms with Gasteiger partial charge in [-0.05, 0) is 32.9 Å². The van der Waals surface area contributed by atoms with Gasteiger partial charge < -0.3 is 4.74 Å². The van der Waals surface area contributed by atoms with Crippen LogP contribution in [0.3, 0.4) is 0 Å². The van der Waals surface area contributed by atoms with Crippen LogP contribution in [0.2, 0.25) is 0 Å². The highest BCUT2D eigenvalue weighted by atomic mass is 16.6. The van der Waals surface area contributed by atoms with E-state index in [4.69, 9.17) is 4.74 Å². The van der Waals surface area contributed by atoms with E-state index in [0.717, 1.165) is 11.1 Å². The normalized spacial score (nSPS) is 10.9. The molecular weight excluding hydrogens is 254 g/mol. The van der Waals surface area contributed by atoms with Gasteiger partial charge in [0.15, 0.2) is 0 Å². The van der Waals surface area contributed by atoms with Gasteiger partial charge in [0.25, 0.3) is 0 Å². The lowest BCUT2D eigenvalue weighted by Gasteiger charge is -2.19. The molecule has 5 nitrogen and oxygen atoms in total. The first-order chi connectivity index (χ1) is 9.44. The number of carbonyl (C=O) groups excluding carboxylic acids is 1. The third-order valence-electron chi connectivity index (χ3n) is 2.38. The Balaban J connectivity index is 2.13. The molecule has 20 heavy (non-hydrogen) atoms. The van der Waals surface area contributed by atoms with E-state index in [0.29, 0.717) is 5.69 Å². The molecule has 0 aromatic carbocycles. The standard InChI is InChI=1S/C15H17N3O2/c1-15(2,3)20-14(19)18-13-7-12(9-17-10-13)11-5-4-6-16-8-11/h4-10H,1-3H3,(H,18,19). The molecule has 1 N–H and O–H groups in total. The smallest absolute Gasteiger partial charge is 0.412 e. The molecule has 2 aromatic rings. The fourth-order valence-electron chi connectivity index (χ4n) is 1.62. The molecule has 0 aliphatic heterocycles. The van der Waals surface area contributed by atoms with Crippen molar-refractivity contribution in [1.82, 2.24) is 9.97 Å². The van der Waals surface area contributed by atoms with Crippen molar-refractivity contribution < 1.29 is 9.53 Å². The molecule has 0 fully saturated rings. The highest BCUT2D eigenvalue weighted by Gasteiger charge is 2.16. The van der Waals surface area contributed by atoms with E-state index in [9.17, 15) is 4.79 Å². The summed E-state index contributed by atoms with van der Waals surface area (Å²) in [6.07, 6.45) is 6.25.